The Kier molecular flexibility index (Phi) is 5.07. The molecule has 1 aromatic carbocycles. The SMILES string of the molecule is CCCNC(c1ccncc1F)c1ccccc1OC. The largest absolute Gasteiger partial charge is 0.496 e. The number of benzene rings is 1. The molecule has 106 valence electrons. The molecule has 0 bridgehead atoms. The monoisotopic (exact) mass is 274 g/mol. The van der Waals surface area contributed by atoms with Crippen molar-refractivity contribution >= 4 is 0 Å². The van der Waals surface area contributed by atoms with Gasteiger partial charge in [-0.2, -0.15) is 0 Å². The van der Waals surface area contributed by atoms with E-state index in [2.05, 4.69) is 17.2 Å². The van der Waals surface area contributed by atoms with Gasteiger partial charge in [-0.25, -0.2) is 4.39 Å². The smallest absolute Gasteiger partial charge is 0.146 e. The van der Waals surface area contributed by atoms with Gasteiger partial charge >= 0.3 is 0 Å². The molecule has 0 radical (unpaired) electrons. The lowest BCUT2D eigenvalue weighted by molar-refractivity contribution is 0.402. The van der Waals surface area contributed by atoms with Crippen LogP contribution in [-0.2, 0) is 0 Å². The quantitative estimate of drug-likeness (QED) is 0.877. The van der Waals surface area contributed by atoms with Crippen LogP contribution in [0.25, 0.3) is 0 Å². The zero-order valence-corrected chi connectivity index (χ0v) is 11.8. The van der Waals surface area contributed by atoms with Gasteiger partial charge in [0.2, 0.25) is 0 Å². The Morgan fingerprint density at radius 3 is 2.75 bits per heavy atom. The number of halogens is 1. The maximum atomic E-state index is 14.0. The summed E-state index contributed by atoms with van der Waals surface area (Å²) in [6.07, 6.45) is 3.82. The summed E-state index contributed by atoms with van der Waals surface area (Å²) in [5.41, 5.74) is 1.51. The summed E-state index contributed by atoms with van der Waals surface area (Å²) in [6, 6.07) is 9.13. The van der Waals surface area contributed by atoms with Crippen LogP contribution in [0, 0.1) is 5.82 Å². The fourth-order valence-corrected chi connectivity index (χ4v) is 2.20. The van der Waals surface area contributed by atoms with Crippen LogP contribution in [0.3, 0.4) is 0 Å². The van der Waals surface area contributed by atoms with E-state index in [0.717, 1.165) is 24.3 Å². The Labute approximate surface area is 118 Å². The van der Waals surface area contributed by atoms with Crippen LogP contribution in [-0.4, -0.2) is 18.6 Å². The van der Waals surface area contributed by atoms with E-state index >= 15 is 0 Å². The summed E-state index contributed by atoms with van der Waals surface area (Å²) >= 11 is 0. The third kappa shape index (κ3) is 3.14. The Hall–Kier alpha value is -1.94. The highest BCUT2D eigenvalue weighted by Gasteiger charge is 2.20. The first-order valence-corrected chi connectivity index (χ1v) is 6.73. The molecule has 1 atom stereocenters. The van der Waals surface area contributed by atoms with E-state index in [9.17, 15) is 4.39 Å². The van der Waals surface area contributed by atoms with Gasteiger partial charge in [0.05, 0.1) is 19.3 Å². The number of para-hydroxylation sites is 1. The molecule has 4 heteroatoms. The predicted molar refractivity (Wildman–Crippen MR) is 77.3 cm³/mol. The maximum absolute atomic E-state index is 14.0. The molecule has 0 saturated heterocycles. The summed E-state index contributed by atoms with van der Waals surface area (Å²) in [5.74, 6) is 0.435. The molecule has 1 heterocycles. The van der Waals surface area contributed by atoms with Gasteiger partial charge in [-0.15, -0.1) is 0 Å². The normalized spacial score (nSPS) is 12.2. The lowest BCUT2D eigenvalue weighted by atomic mass is 9.98. The van der Waals surface area contributed by atoms with Gasteiger partial charge in [0.1, 0.15) is 11.6 Å². The number of aromatic nitrogens is 1. The summed E-state index contributed by atoms with van der Waals surface area (Å²) in [5, 5.41) is 3.37. The predicted octanol–water partition coefficient (Wildman–Crippen LogP) is 3.32. The van der Waals surface area contributed by atoms with E-state index in [1.54, 1.807) is 19.4 Å². The molecule has 3 nitrogen and oxygen atoms in total. The molecule has 1 N–H and O–H groups in total. The number of hydrogen-bond donors (Lipinski definition) is 1. The van der Waals surface area contributed by atoms with Crippen molar-refractivity contribution in [2.75, 3.05) is 13.7 Å². The van der Waals surface area contributed by atoms with Crippen molar-refractivity contribution in [3.8, 4) is 5.75 Å². The van der Waals surface area contributed by atoms with Crippen molar-refractivity contribution in [1.29, 1.82) is 0 Å². The van der Waals surface area contributed by atoms with Gasteiger partial charge in [0.15, 0.2) is 0 Å². The summed E-state index contributed by atoms with van der Waals surface area (Å²) in [7, 11) is 1.62. The first-order chi connectivity index (χ1) is 9.77. The Morgan fingerprint density at radius 1 is 1.25 bits per heavy atom. The van der Waals surface area contributed by atoms with Crippen LogP contribution in [0.4, 0.5) is 4.39 Å². The van der Waals surface area contributed by atoms with Gasteiger partial charge < -0.3 is 10.1 Å². The van der Waals surface area contributed by atoms with Crippen molar-refractivity contribution in [3.63, 3.8) is 0 Å². The molecule has 2 aromatic rings. The lowest BCUT2D eigenvalue weighted by Crippen LogP contribution is -2.24. The molecule has 20 heavy (non-hydrogen) atoms. The number of rotatable bonds is 6. The van der Waals surface area contributed by atoms with Gasteiger partial charge in [0, 0.05) is 17.3 Å². The highest BCUT2D eigenvalue weighted by molar-refractivity contribution is 5.41. The number of methoxy groups -OCH3 is 1. The molecule has 1 unspecified atom stereocenters. The number of ether oxygens (including phenoxy) is 1. The van der Waals surface area contributed by atoms with Crippen molar-refractivity contribution in [1.82, 2.24) is 10.3 Å². The zero-order chi connectivity index (χ0) is 14.4. The molecule has 0 aliphatic rings. The second-order valence-corrected chi connectivity index (χ2v) is 4.53. The Bertz CT molecular complexity index is 560. The topological polar surface area (TPSA) is 34.2 Å². The van der Waals surface area contributed by atoms with E-state index in [1.807, 2.05) is 24.3 Å². The molecule has 1 aromatic heterocycles. The average molecular weight is 274 g/mol. The van der Waals surface area contributed by atoms with E-state index in [-0.39, 0.29) is 11.9 Å². The molecular weight excluding hydrogens is 255 g/mol. The van der Waals surface area contributed by atoms with E-state index in [1.165, 1.54) is 6.20 Å². The van der Waals surface area contributed by atoms with Crippen molar-refractivity contribution < 1.29 is 9.13 Å². The standard InChI is InChI=1S/C16H19FN2O/c1-3-9-19-16(12-8-10-18-11-14(12)17)13-6-4-5-7-15(13)20-2/h4-8,10-11,16,19H,3,9H2,1-2H3. The van der Waals surface area contributed by atoms with E-state index < -0.39 is 0 Å². The van der Waals surface area contributed by atoms with Crippen LogP contribution in [0.1, 0.15) is 30.5 Å². The first-order valence-electron chi connectivity index (χ1n) is 6.73. The highest BCUT2D eigenvalue weighted by atomic mass is 19.1. The highest BCUT2D eigenvalue weighted by Crippen LogP contribution is 2.30. The average Bonchev–Trinajstić information content (AvgIpc) is 2.49. The zero-order valence-electron chi connectivity index (χ0n) is 11.8. The fourth-order valence-electron chi connectivity index (χ4n) is 2.20. The summed E-state index contributed by atoms with van der Waals surface area (Å²) in [4.78, 5) is 3.81. The summed E-state index contributed by atoms with van der Waals surface area (Å²) in [6.45, 7) is 2.87. The van der Waals surface area contributed by atoms with E-state index in [4.69, 9.17) is 4.74 Å². The summed E-state index contributed by atoms with van der Waals surface area (Å²) < 4.78 is 19.4. The molecule has 0 saturated carbocycles. The Balaban J connectivity index is 2.44. The van der Waals surface area contributed by atoms with Gasteiger partial charge in [-0.05, 0) is 25.1 Å². The molecule has 2 rings (SSSR count). The minimum Gasteiger partial charge on any atom is -0.496 e. The van der Waals surface area contributed by atoms with Crippen LogP contribution in [0.15, 0.2) is 42.7 Å². The molecule has 0 fully saturated rings. The fraction of sp³-hybridized carbons (Fsp3) is 0.312. The van der Waals surface area contributed by atoms with Gasteiger partial charge in [-0.1, -0.05) is 25.1 Å². The maximum Gasteiger partial charge on any atom is 0.146 e. The third-order valence-electron chi connectivity index (χ3n) is 3.16. The Morgan fingerprint density at radius 2 is 2.05 bits per heavy atom. The van der Waals surface area contributed by atoms with E-state index in [0.29, 0.717) is 5.56 Å². The van der Waals surface area contributed by atoms with Crippen molar-refractivity contribution in [2.24, 2.45) is 0 Å². The second kappa shape index (κ2) is 7.01. The van der Waals surface area contributed by atoms with Crippen LogP contribution >= 0.6 is 0 Å². The minimum atomic E-state index is -0.313. The molecule has 0 amide bonds. The molecule has 0 aliphatic carbocycles. The third-order valence-corrected chi connectivity index (χ3v) is 3.16. The number of pyridine rings is 1. The first kappa shape index (κ1) is 14.5. The second-order valence-electron chi connectivity index (χ2n) is 4.53. The van der Waals surface area contributed by atoms with Crippen LogP contribution in [0.2, 0.25) is 0 Å². The lowest BCUT2D eigenvalue weighted by Gasteiger charge is -2.22. The molecule has 0 aliphatic heterocycles. The number of hydrogen-bond acceptors (Lipinski definition) is 3. The van der Waals surface area contributed by atoms with Crippen molar-refractivity contribution in [2.45, 2.75) is 19.4 Å². The van der Waals surface area contributed by atoms with Gasteiger partial charge in [-0.3, -0.25) is 4.98 Å². The van der Waals surface area contributed by atoms with Crippen LogP contribution in [0.5, 0.6) is 5.75 Å². The van der Waals surface area contributed by atoms with Crippen LogP contribution < -0.4 is 10.1 Å². The molecule has 0 spiro atoms. The number of nitrogens with zero attached hydrogens (tertiary/aromatic N) is 1. The number of nitrogens with one attached hydrogen (secondary N) is 1. The van der Waals surface area contributed by atoms with Crippen molar-refractivity contribution in [3.05, 3.63) is 59.7 Å². The minimum absolute atomic E-state index is 0.242. The van der Waals surface area contributed by atoms with Gasteiger partial charge in [0.25, 0.3) is 0 Å². The molecular formula is C16H19FN2O.